The fourth-order valence-electron chi connectivity index (χ4n) is 2.02. The minimum absolute atomic E-state index is 0.198. The number of rotatable bonds is 3. The number of hydrogen-bond donors (Lipinski definition) is 0. The Balaban J connectivity index is 2.19. The largest absolute Gasteiger partial charge is 0.337 e. The lowest BCUT2D eigenvalue weighted by atomic mass is 10.1. The maximum Gasteiger partial charge on any atom is 0.256 e. The van der Waals surface area contributed by atoms with E-state index in [4.69, 9.17) is 5.26 Å². The van der Waals surface area contributed by atoms with Crippen molar-refractivity contribution in [1.29, 1.82) is 5.26 Å². The second-order valence-corrected chi connectivity index (χ2v) is 4.68. The summed E-state index contributed by atoms with van der Waals surface area (Å²) < 4.78 is 0. The highest BCUT2D eigenvalue weighted by atomic mass is 16.2. The predicted octanol–water partition coefficient (Wildman–Crippen LogP) is 2.53. The molecule has 2 aromatic rings. The highest BCUT2D eigenvalue weighted by Crippen LogP contribution is 2.12. The van der Waals surface area contributed by atoms with Crippen LogP contribution in [0.2, 0.25) is 0 Å². The van der Waals surface area contributed by atoms with Crippen molar-refractivity contribution in [1.82, 2.24) is 9.88 Å². The number of carbonyl (C=O) groups excluding carboxylic acids is 1. The van der Waals surface area contributed by atoms with Crippen molar-refractivity contribution in [2.75, 3.05) is 7.05 Å². The van der Waals surface area contributed by atoms with Crippen molar-refractivity contribution in [2.24, 2.45) is 0 Å². The molecule has 0 aliphatic heterocycles. The van der Waals surface area contributed by atoms with Crippen molar-refractivity contribution in [2.45, 2.75) is 13.5 Å². The van der Waals surface area contributed by atoms with Crippen molar-refractivity contribution < 1.29 is 4.79 Å². The van der Waals surface area contributed by atoms with E-state index in [1.807, 2.05) is 37.3 Å². The number of benzene rings is 1. The zero-order valence-corrected chi connectivity index (χ0v) is 11.5. The molecule has 1 aromatic carbocycles. The van der Waals surface area contributed by atoms with Gasteiger partial charge in [0.25, 0.3) is 5.91 Å². The predicted molar refractivity (Wildman–Crippen MR) is 75.9 cm³/mol. The molecule has 0 saturated carbocycles. The lowest BCUT2D eigenvalue weighted by molar-refractivity contribution is 0.0784. The molecule has 0 N–H and O–H groups in total. The molecule has 0 aliphatic carbocycles. The average Bonchev–Trinajstić information content (AvgIpc) is 2.46. The summed E-state index contributed by atoms with van der Waals surface area (Å²) in [7, 11) is 1.72. The Bertz CT molecular complexity index is 673. The Hall–Kier alpha value is -2.67. The molecule has 1 amide bonds. The first-order chi connectivity index (χ1) is 9.61. The highest BCUT2D eigenvalue weighted by Gasteiger charge is 2.16. The lowest BCUT2D eigenvalue weighted by Crippen LogP contribution is -2.27. The summed E-state index contributed by atoms with van der Waals surface area (Å²) in [5.41, 5.74) is 2.90. The molecule has 1 aromatic heterocycles. The molecular weight excluding hydrogens is 250 g/mol. The maximum absolute atomic E-state index is 12.3. The standard InChI is InChI=1S/C16H15N3O/c1-12-4-3-5-13(8-12)11-19(2)16(20)15-10-18-7-6-14(15)9-17/h3-8,10H,11H2,1-2H3. The number of amides is 1. The van der Waals surface area contributed by atoms with Crippen LogP contribution in [0.25, 0.3) is 0 Å². The van der Waals surface area contributed by atoms with E-state index < -0.39 is 0 Å². The van der Waals surface area contributed by atoms with Gasteiger partial charge >= 0.3 is 0 Å². The molecule has 4 nitrogen and oxygen atoms in total. The van der Waals surface area contributed by atoms with Crippen LogP contribution in [0.4, 0.5) is 0 Å². The van der Waals surface area contributed by atoms with E-state index in [1.165, 1.54) is 12.4 Å². The summed E-state index contributed by atoms with van der Waals surface area (Å²) in [6, 6.07) is 11.6. The van der Waals surface area contributed by atoms with Crippen molar-refractivity contribution >= 4 is 5.91 Å². The Kier molecular flexibility index (Phi) is 4.11. The number of pyridine rings is 1. The van der Waals surface area contributed by atoms with Crippen LogP contribution in [-0.2, 0) is 6.54 Å². The first-order valence-electron chi connectivity index (χ1n) is 6.27. The van der Waals surface area contributed by atoms with Gasteiger partial charge in [0, 0.05) is 26.0 Å². The van der Waals surface area contributed by atoms with Gasteiger partial charge in [-0.25, -0.2) is 0 Å². The molecule has 2 rings (SSSR count). The molecule has 1 heterocycles. The number of aromatic nitrogens is 1. The van der Waals surface area contributed by atoms with Gasteiger partial charge in [-0.05, 0) is 18.6 Å². The van der Waals surface area contributed by atoms with Crippen LogP contribution in [0.5, 0.6) is 0 Å². The minimum atomic E-state index is -0.198. The molecule has 20 heavy (non-hydrogen) atoms. The van der Waals surface area contributed by atoms with Crippen LogP contribution < -0.4 is 0 Å². The molecule has 4 heteroatoms. The third kappa shape index (κ3) is 3.01. The van der Waals surface area contributed by atoms with E-state index >= 15 is 0 Å². The van der Waals surface area contributed by atoms with Crippen LogP contribution >= 0.6 is 0 Å². The van der Waals surface area contributed by atoms with Crippen LogP contribution in [0, 0.1) is 18.3 Å². The van der Waals surface area contributed by atoms with Crippen molar-refractivity contribution in [3.8, 4) is 6.07 Å². The third-order valence-electron chi connectivity index (χ3n) is 3.02. The van der Waals surface area contributed by atoms with Crippen molar-refractivity contribution in [3.63, 3.8) is 0 Å². The molecule has 0 spiro atoms. The molecule has 100 valence electrons. The first kappa shape index (κ1) is 13.8. The topological polar surface area (TPSA) is 57.0 Å². The molecule has 0 unspecified atom stereocenters. The summed E-state index contributed by atoms with van der Waals surface area (Å²) in [5, 5.41) is 9.03. The third-order valence-corrected chi connectivity index (χ3v) is 3.02. The summed E-state index contributed by atoms with van der Waals surface area (Å²) >= 11 is 0. The summed E-state index contributed by atoms with van der Waals surface area (Å²) in [5.74, 6) is -0.198. The van der Waals surface area contributed by atoms with Gasteiger partial charge in [-0.1, -0.05) is 29.8 Å². The second-order valence-electron chi connectivity index (χ2n) is 4.68. The van der Waals surface area contributed by atoms with Gasteiger partial charge in [-0.3, -0.25) is 9.78 Å². The van der Waals surface area contributed by atoms with Crippen LogP contribution in [-0.4, -0.2) is 22.8 Å². The fourth-order valence-corrected chi connectivity index (χ4v) is 2.02. The smallest absolute Gasteiger partial charge is 0.256 e. The second kappa shape index (κ2) is 5.98. The molecule has 0 saturated heterocycles. The zero-order valence-electron chi connectivity index (χ0n) is 11.5. The number of nitriles is 1. The molecule has 0 atom stereocenters. The maximum atomic E-state index is 12.3. The van der Waals surface area contributed by atoms with Gasteiger partial charge in [0.2, 0.25) is 0 Å². The number of aryl methyl sites for hydroxylation is 1. The SMILES string of the molecule is Cc1cccc(CN(C)C(=O)c2cnccc2C#N)c1. The molecule has 0 radical (unpaired) electrons. The number of carbonyl (C=O) groups is 1. The highest BCUT2D eigenvalue weighted by molar-refractivity contribution is 5.96. The minimum Gasteiger partial charge on any atom is -0.337 e. The van der Waals surface area contributed by atoms with E-state index in [9.17, 15) is 4.79 Å². The Morgan fingerprint density at radius 2 is 2.20 bits per heavy atom. The number of nitrogens with zero attached hydrogens (tertiary/aromatic N) is 3. The fraction of sp³-hybridized carbons (Fsp3) is 0.188. The van der Waals surface area contributed by atoms with Gasteiger partial charge in [0.05, 0.1) is 11.1 Å². The van der Waals surface area contributed by atoms with E-state index in [-0.39, 0.29) is 5.91 Å². The normalized spacial score (nSPS) is 9.85. The van der Waals surface area contributed by atoms with Crippen LogP contribution in [0.3, 0.4) is 0 Å². The van der Waals surface area contributed by atoms with Gasteiger partial charge < -0.3 is 4.90 Å². The van der Waals surface area contributed by atoms with E-state index in [2.05, 4.69) is 4.98 Å². The Morgan fingerprint density at radius 1 is 1.40 bits per heavy atom. The first-order valence-corrected chi connectivity index (χ1v) is 6.27. The van der Waals surface area contributed by atoms with Gasteiger partial charge in [-0.15, -0.1) is 0 Å². The van der Waals surface area contributed by atoms with E-state index in [0.717, 1.165) is 11.1 Å². The summed E-state index contributed by atoms with van der Waals surface area (Å²) in [4.78, 5) is 17.9. The monoisotopic (exact) mass is 265 g/mol. The Morgan fingerprint density at radius 3 is 2.90 bits per heavy atom. The zero-order chi connectivity index (χ0) is 14.5. The van der Waals surface area contributed by atoms with Crippen LogP contribution in [0.15, 0.2) is 42.7 Å². The van der Waals surface area contributed by atoms with E-state index in [1.54, 1.807) is 18.0 Å². The summed E-state index contributed by atoms with van der Waals surface area (Å²) in [6.45, 7) is 2.51. The molecule has 0 fully saturated rings. The molecular formula is C16H15N3O. The van der Waals surface area contributed by atoms with Crippen LogP contribution in [0.1, 0.15) is 27.0 Å². The Labute approximate surface area is 118 Å². The molecule has 0 aliphatic rings. The lowest BCUT2D eigenvalue weighted by Gasteiger charge is -2.18. The average molecular weight is 265 g/mol. The number of hydrogen-bond acceptors (Lipinski definition) is 3. The van der Waals surface area contributed by atoms with Gasteiger partial charge in [-0.2, -0.15) is 5.26 Å². The van der Waals surface area contributed by atoms with E-state index in [0.29, 0.717) is 17.7 Å². The van der Waals surface area contributed by atoms with Crippen molar-refractivity contribution in [3.05, 3.63) is 65.0 Å². The quantitative estimate of drug-likeness (QED) is 0.857. The molecule has 0 bridgehead atoms. The summed E-state index contributed by atoms with van der Waals surface area (Å²) in [6.07, 6.45) is 2.95. The van der Waals surface area contributed by atoms with Gasteiger partial charge in [0.1, 0.15) is 6.07 Å². The van der Waals surface area contributed by atoms with Gasteiger partial charge in [0.15, 0.2) is 0 Å².